The highest BCUT2D eigenvalue weighted by Crippen LogP contribution is 2.25. The smallest absolute Gasteiger partial charge is 0.221 e. The van der Waals surface area contributed by atoms with Gasteiger partial charge in [0, 0.05) is 19.5 Å². The molecule has 0 fully saturated rings. The predicted molar refractivity (Wildman–Crippen MR) is 66.2 cm³/mol. The Morgan fingerprint density at radius 1 is 1.56 bits per heavy atom. The first-order valence-electron chi connectivity index (χ1n) is 4.96. The zero-order valence-electron chi connectivity index (χ0n) is 9.13. The fraction of sp³-hybridized carbons (Fsp3) is 0.364. The van der Waals surface area contributed by atoms with E-state index in [1.807, 2.05) is 18.2 Å². The number of hydrogen-bond acceptors (Lipinski definition) is 3. The third-order valence-electron chi connectivity index (χ3n) is 2.08. The first kappa shape index (κ1) is 13.0. The minimum atomic E-state index is -0.0329. The molecule has 0 bridgehead atoms. The van der Waals surface area contributed by atoms with Gasteiger partial charge in [0.1, 0.15) is 5.75 Å². The highest BCUT2D eigenvalue weighted by atomic mass is 79.9. The molecule has 0 aliphatic rings. The molecule has 3 N–H and O–H groups in total. The number of methoxy groups -OCH3 is 1. The lowest BCUT2D eigenvalue weighted by molar-refractivity contribution is -0.121. The number of nitrogens with two attached hydrogens (primary N) is 1. The quantitative estimate of drug-likeness (QED) is 0.861. The Morgan fingerprint density at radius 2 is 2.31 bits per heavy atom. The molecule has 0 unspecified atom stereocenters. The second kappa shape index (κ2) is 6.50. The maximum absolute atomic E-state index is 11.2. The van der Waals surface area contributed by atoms with Crippen LogP contribution < -0.4 is 15.8 Å². The Morgan fingerprint density at radius 3 is 2.88 bits per heavy atom. The van der Waals surface area contributed by atoms with E-state index in [4.69, 9.17) is 10.5 Å². The van der Waals surface area contributed by atoms with Crippen molar-refractivity contribution in [2.45, 2.75) is 13.0 Å². The van der Waals surface area contributed by atoms with Crippen LogP contribution in [0.25, 0.3) is 0 Å². The number of ether oxygens (including phenoxy) is 1. The van der Waals surface area contributed by atoms with Gasteiger partial charge in [0.15, 0.2) is 0 Å². The molecule has 0 spiro atoms. The average molecular weight is 287 g/mol. The summed E-state index contributed by atoms with van der Waals surface area (Å²) < 4.78 is 5.99. The molecule has 0 atom stereocenters. The van der Waals surface area contributed by atoms with Crippen molar-refractivity contribution in [3.8, 4) is 5.75 Å². The summed E-state index contributed by atoms with van der Waals surface area (Å²) in [5.74, 6) is 0.742. The number of halogens is 1. The Kier molecular flexibility index (Phi) is 5.28. The van der Waals surface area contributed by atoms with E-state index in [-0.39, 0.29) is 5.91 Å². The van der Waals surface area contributed by atoms with E-state index in [1.165, 1.54) is 0 Å². The van der Waals surface area contributed by atoms with Crippen molar-refractivity contribution < 1.29 is 9.53 Å². The van der Waals surface area contributed by atoms with Crippen LogP contribution in [0.1, 0.15) is 12.0 Å². The second-order valence-corrected chi connectivity index (χ2v) is 4.14. The number of amides is 1. The van der Waals surface area contributed by atoms with Crippen LogP contribution in [0.5, 0.6) is 5.75 Å². The van der Waals surface area contributed by atoms with Crippen LogP contribution >= 0.6 is 15.9 Å². The minimum Gasteiger partial charge on any atom is -0.496 e. The first-order valence-corrected chi connectivity index (χ1v) is 5.76. The number of nitrogens with one attached hydrogen (secondary N) is 1. The number of benzene rings is 1. The van der Waals surface area contributed by atoms with E-state index >= 15 is 0 Å². The molecule has 0 radical (unpaired) electrons. The Labute approximate surface area is 103 Å². The number of rotatable bonds is 5. The van der Waals surface area contributed by atoms with Crippen LogP contribution in [0.4, 0.5) is 0 Å². The molecule has 1 aromatic rings. The molecule has 1 rings (SSSR count). The third kappa shape index (κ3) is 3.83. The number of hydrogen-bond donors (Lipinski definition) is 2. The summed E-state index contributed by atoms with van der Waals surface area (Å²) in [6, 6.07) is 5.68. The summed E-state index contributed by atoms with van der Waals surface area (Å²) in [4.78, 5) is 11.2. The Hall–Kier alpha value is -1.07. The minimum absolute atomic E-state index is 0.0329. The monoisotopic (exact) mass is 286 g/mol. The third-order valence-corrected chi connectivity index (χ3v) is 2.70. The highest BCUT2D eigenvalue weighted by molar-refractivity contribution is 9.10. The fourth-order valence-corrected chi connectivity index (χ4v) is 1.83. The molecule has 1 aromatic carbocycles. The van der Waals surface area contributed by atoms with E-state index in [0.29, 0.717) is 19.5 Å². The van der Waals surface area contributed by atoms with E-state index in [0.717, 1.165) is 15.8 Å². The van der Waals surface area contributed by atoms with E-state index in [2.05, 4.69) is 21.2 Å². The van der Waals surface area contributed by atoms with Gasteiger partial charge in [0.2, 0.25) is 5.91 Å². The second-order valence-electron chi connectivity index (χ2n) is 3.28. The first-order chi connectivity index (χ1) is 7.67. The zero-order chi connectivity index (χ0) is 12.0. The molecule has 0 aliphatic carbocycles. The standard InChI is InChI=1S/C11H15BrN2O2/c1-16-10-3-2-8(6-9(10)12)7-14-11(15)4-5-13/h2-3,6H,4-5,7,13H2,1H3,(H,14,15). The van der Waals surface area contributed by atoms with E-state index in [1.54, 1.807) is 7.11 Å². The molecular formula is C11H15BrN2O2. The molecule has 0 saturated heterocycles. The van der Waals surface area contributed by atoms with Gasteiger partial charge in [-0.2, -0.15) is 0 Å². The molecular weight excluding hydrogens is 272 g/mol. The van der Waals surface area contributed by atoms with Gasteiger partial charge in [0.05, 0.1) is 11.6 Å². The average Bonchev–Trinajstić information content (AvgIpc) is 2.27. The summed E-state index contributed by atoms with van der Waals surface area (Å²) in [7, 11) is 1.61. The van der Waals surface area contributed by atoms with Crippen molar-refractivity contribution in [2.75, 3.05) is 13.7 Å². The van der Waals surface area contributed by atoms with Crippen molar-refractivity contribution in [2.24, 2.45) is 5.73 Å². The molecule has 5 heteroatoms. The van der Waals surface area contributed by atoms with E-state index in [9.17, 15) is 4.79 Å². The number of carbonyl (C=O) groups excluding carboxylic acids is 1. The molecule has 16 heavy (non-hydrogen) atoms. The topological polar surface area (TPSA) is 64.3 Å². The summed E-state index contributed by atoms with van der Waals surface area (Å²) >= 11 is 3.39. The molecule has 88 valence electrons. The summed E-state index contributed by atoms with van der Waals surface area (Å²) in [5, 5.41) is 2.78. The van der Waals surface area contributed by atoms with Gasteiger partial charge in [0.25, 0.3) is 0 Å². The summed E-state index contributed by atoms with van der Waals surface area (Å²) in [5.41, 5.74) is 6.29. The summed E-state index contributed by atoms with van der Waals surface area (Å²) in [6.07, 6.45) is 0.358. The summed E-state index contributed by atoms with van der Waals surface area (Å²) in [6.45, 7) is 0.875. The maximum Gasteiger partial charge on any atom is 0.221 e. The maximum atomic E-state index is 11.2. The lowest BCUT2D eigenvalue weighted by Gasteiger charge is -2.07. The molecule has 0 aromatic heterocycles. The molecule has 0 aliphatic heterocycles. The van der Waals surface area contributed by atoms with Crippen LogP contribution in [0.3, 0.4) is 0 Å². The van der Waals surface area contributed by atoms with Gasteiger partial charge in [-0.25, -0.2) is 0 Å². The highest BCUT2D eigenvalue weighted by Gasteiger charge is 2.03. The van der Waals surface area contributed by atoms with Gasteiger partial charge in [-0.1, -0.05) is 6.07 Å². The van der Waals surface area contributed by atoms with Gasteiger partial charge in [-0.15, -0.1) is 0 Å². The Bertz CT molecular complexity index is 369. The van der Waals surface area contributed by atoms with Crippen LogP contribution in [0.15, 0.2) is 22.7 Å². The van der Waals surface area contributed by atoms with Gasteiger partial charge in [-0.05, 0) is 33.6 Å². The fourth-order valence-electron chi connectivity index (χ4n) is 1.24. The van der Waals surface area contributed by atoms with Crippen molar-refractivity contribution in [3.63, 3.8) is 0 Å². The SMILES string of the molecule is COc1ccc(CNC(=O)CCN)cc1Br. The van der Waals surface area contributed by atoms with Gasteiger partial charge >= 0.3 is 0 Å². The normalized spacial score (nSPS) is 9.94. The Balaban J connectivity index is 2.55. The zero-order valence-corrected chi connectivity index (χ0v) is 10.7. The van der Waals surface area contributed by atoms with Crippen molar-refractivity contribution >= 4 is 21.8 Å². The van der Waals surface area contributed by atoms with E-state index < -0.39 is 0 Å². The molecule has 0 heterocycles. The van der Waals surface area contributed by atoms with Crippen LogP contribution in [-0.4, -0.2) is 19.6 Å². The van der Waals surface area contributed by atoms with Crippen LogP contribution in [-0.2, 0) is 11.3 Å². The van der Waals surface area contributed by atoms with Crippen LogP contribution in [0.2, 0.25) is 0 Å². The predicted octanol–water partition coefficient (Wildman–Crippen LogP) is 1.42. The lowest BCUT2D eigenvalue weighted by atomic mass is 10.2. The van der Waals surface area contributed by atoms with Gasteiger partial charge in [-0.3, -0.25) is 4.79 Å². The number of carbonyl (C=O) groups is 1. The van der Waals surface area contributed by atoms with Crippen LogP contribution in [0, 0.1) is 0 Å². The molecule has 0 saturated carbocycles. The van der Waals surface area contributed by atoms with Crippen molar-refractivity contribution in [1.82, 2.24) is 5.32 Å². The van der Waals surface area contributed by atoms with Crippen molar-refractivity contribution in [3.05, 3.63) is 28.2 Å². The molecule has 4 nitrogen and oxygen atoms in total. The van der Waals surface area contributed by atoms with Crippen molar-refractivity contribution in [1.29, 1.82) is 0 Å². The lowest BCUT2D eigenvalue weighted by Crippen LogP contribution is -2.24. The molecule has 1 amide bonds. The largest absolute Gasteiger partial charge is 0.496 e. The van der Waals surface area contributed by atoms with Gasteiger partial charge < -0.3 is 15.8 Å².